The number of benzene rings is 2. The van der Waals surface area contributed by atoms with Crippen molar-refractivity contribution in [1.82, 2.24) is 4.98 Å². The van der Waals surface area contributed by atoms with E-state index in [1.165, 1.54) is 23.1 Å². The zero-order valence-electron chi connectivity index (χ0n) is 10.6. The molecule has 0 unspecified atom stereocenters. The fourth-order valence-electron chi connectivity index (χ4n) is 2.44. The lowest BCUT2D eigenvalue weighted by Gasteiger charge is -2.12. The highest BCUT2D eigenvalue weighted by Gasteiger charge is 2.19. The van der Waals surface area contributed by atoms with E-state index in [1.807, 2.05) is 12.1 Å². The number of H-pyrrole nitrogens is 1. The van der Waals surface area contributed by atoms with Crippen molar-refractivity contribution in [3.8, 4) is 0 Å². The third-order valence-corrected chi connectivity index (χ3v) is 4.56. The van der Waals surface area contributed by atoms with Crippen LogP contribution in [0.4, 0.5) is 4.39 Å². The van der Waals surface area contributed by atoms with Crippen molar-refractivity contribution in [3.05, 3.63) is 65.5 Å². The van der Waals surface area contributed by atoms with Crippen LogP contribution >= 0.6 is 11.8 Å². The second-order valence-electron chi connectivity index (χ2n) is 4.71. The van der Waals surface area contributed by atoms with Gasteiger partial charge < -0.3 is 4.98 Å². The molecular weight excluding hydrogens is 271 g/mol. The number of thioether (sulfide) groups is 1. The number of nitrogens with zero attached hydrogens (tertiary/aromatic N) is 1. The number of para-hydroxylation sites is 1. The summed E-state index contributed by atoms with van der Waals surface area (Å²) >= 11 is 1.61. The molecule has 3 aromatic rings. The summed E-state index contributed by atoms with van der Waals surface area (Å²) in [4.78, 5) is 8.07. The lowest BCUT2D eigenvalue weighted by molar-refractivity contribution is 0.628. The minimum Gasteiger partial charge on any atom is -0.349 e. The first-order chi connectivity index (χ1) is 9.81. The number of halogens is 1. The number of hydrogen-bond donors (Lipinski definition) is 1. The van der Waals surface area contributed by atoms with Gasteiger partial charge in [0.1, 0.15) is 10.9 Å². The van der Waals surface area contributed by atoms with E-state index in [9.17, 15) is 4.39 Å². The van der Waals surface area contributed by atoms with E-state index in [-0.39, 0.29) is 5.82 Å². The highest BCUT2D eigenvalue weighted by atomic mass is 32.2. The number of aromatic amines is 1. The van der Waals surface area contributed by atoms with Gasteiger partial charge in [0.25, 0.3) is 0 Å². The number of hydrogen-bond acceptors (Lipinski definition) is 2. The summed E-state index contributed by atoms with van der Waals surface area (Å²) < 4.78 is 13.0. The summed E-state index contributed by atoms with van der Waals surface area (Å²) in [7, 11) is 0. The van der Waals surface area contributed by atoms with Crippen molar-refractivity contribution >= 4 is 27.7 Å². The standard InChI is InChI=1S/C16H11FN2S/c17-11-7-5-10(6-8-11)15-18-9-13-12-3-1-2-4-14(12)19-16(13)20-15/h1-8,19H,9H2. The minimum atomic E-state index is -0.221. The molecule has 20 heavy (non-hydrogen) atoms. The molecule has 4 rings (SSSR count). The van der Waals surface area contributed by atoms with Gasteiger partial charge in [-0.2, -0.15) is 0 Å². The van der Waals surface area contributed by atoms with Crippen LogP contribution in [0, 0.1) is 5.82 Å². The van der Waals surface area contributed by atoms with Gasteiger partial charge in [0, 0.05) is 22.0 Å². The third-order valence-electron chi connectivity index (χ3n) is 3.45. The normalized spacial score (nSPS) is 14.2. The molecule has 0 saturated carbocycles. The predicted molar refractivity (Wildman–Crippen MR) is 80.8 cm³/mol. The monoisotopic (exact) mass is 282 g/mol. The van der Waals surface area contributed by atoms with Gasteiger partial charge in [0.2, 0.25) is 0 Å². The summed E-state index contributed by atoms with van der Waals surface area (Å²) in [6.07, 6.45) is 0. The van der Waals surface area contributed by atoms with Crippen LogP contribution in [-0.2, 0) is 6.54 Å². The quantitative estimate of drug-likeness (QED) is 0.705. The lowest BCUT2D eigenvalue weighted by atomic mass is 10.2. The largest absolute Gasteiger partial charge is 0.349 e. The summed E-state index contributed by atoms with van der Waals surface area (Å²) in [6.45, 7) is 0.666. The van der Waals surface area contributed by atoms with E-state index in [4.69, 9.17) is 0 Å². The van der Waals surface area contributed by atoms with Gasteiger partial charge >= 0.3 is 0 Å². The Balaban J connectivity index is 1.75. The highest BCUT2D eigenvalue weighted by molar-refractivity contribution is 8.14. The Morgan fingerprint density at radius 1 is 1.05 bits per heavy atom. The van der Waals surface area contributed by atoms with Gasteiger partial charge in [-0.3, -0.25) is 4.99 Å². The molecule has 0 fully saturated rings. The molecule has 2 aromatic carbocycles. The fraction of sp³-hybridized carbons (Fsp3) is 0.0625. The Kier molecular flexibility index (Phi) is 2.63. The van der Waals surface area contributed by atoms with Crippen molar-refractivity contribution < 1.29 is 4.39 Å². The van der Waals surface area contributed by atoms with Crippen molar-refractivity contribution in [2.24, 2.45) is 4.99 Å². The number of aromatic nitrogens is 1. The van der Waals surface area contributed by atoms with Gasteiger partial charge in [-0.05, 0) is 30.3 Å². The predicted octanol–water partition coefficient (Wildman–Crippen LogP) is 4.36. The lowest BCUT2D eigenvalue weighted by Crippen LogP contribution is -2.02. The van der Waals surface area contributed by atoms with Crippen molar-refractivity contribution in [3.63, 3.8) is 0 Å². The summed E-state index contributed by atoms with van der Waals surface area (Å²) in [5.41, 5.74) is 3.35. The average Bonchev–Trinajstić information content (AvgIpc) is 2.85. The molecule has 4 heteroatoms. The van der Waals surface area contributed by atoms with E-state index < -0.39 is 0 Å². The first-order valence-electron chi connectivity index (χ1n) is 6.39. The molecule has 1 aliphatic heterocycles. The molecule has 2 heterocycles. The minimum absolute atomic E-state index is 0.221. The van der Waals surface area contributed by atoms with Gasteiger partial charge in [0.05, 0.1) is 11.6 Å². The summed E-state index contributed by atoms with van der Waals surface area (Å²) in [5.74, 6) is -0.221. The van der Waals surface area contributed by atoms with Crippen LogP contribution in [0.25, 0.3) is 10.9 Å². The van der Waals surface area contributed by atoms with E-state index in [2.05, 4.69) is 22.1 Å². The van der Waals surface area contributed by atoms with Crippen LogP contribution < -0.4 is 0 Å². The summed E-state index contributed by atoms with van der Waals surface area (Å²) in [6, 6.07) is 14.7. The molecule has 0 amide bonds. The third kappa shape index (κ3) is 1.84. The van der Waals surface area contributed by atoms with Crippen LogP contribution in [0.15, 0.2) is 58.5 Å². The van der Waals surface area contributed by atoms with E-state index >= 15 is 0 Å². The Hall–Kier alpha value is -2.07. The van der Waals surface area contributed by atoms with E-state index in [1.54, 1.807) is 23.9 Å². The SMILES string of the molecule is Fc1ccc(C2=NCc3c([nH]c4ccccc34)S2)cc1. The van der Waals surface area contributed by atoms with Gasteiger partial charge in [0.15, 0.2) is 0 Å². The maximum Gasteiger partial charge on any atom is 0.123 e. The van der Waals surface area contributed by atoms with Gasteiger partial charge in [-0.1, -0.05) is 30.0 Å². The van der Waals surface area contributed by atoms with Gasteiger partial charge in [-0.15, -0.1) is 0 Å². The number of aliphatic imine (C=N–C) groups is 1. The van der Waals surface area contributed by atoms with Crippen LogP contribution in [0.2, 0.25) is 0 Å². The average molecular weight is 282 g/mol. The zero-order valence-corrected chi connectivity index (χ0v) is 11.4. The molecule has 0 radical (unpaired) electrons. The van der Waals surface area contributed by atoms with Crippen LogP contribution in [0.1, 0.15) is 11.1 Å². The first-order valence-corrected chi connectivity index (χ1v) is 7.21. The molecule has 0 atom stereocenters. The number of nitrogens with one attached hydrogen (secondary N) is 1. The first kappa shape index (κ1) is 11.7. The van der Waals surface area contributed by atoms with Gasteiger partial charge in [-0.25, -0.2) is 4.39 Å². The Morgan fingerprint density at radius 2 is 1.85 bits per heavy atom. The molecule has 1 N–H and O–H groups in total. The van der Waals surface area contributed by atoms with Crippen molar-refractivity contribution in [2.75, 3.05) is 0 Å². The molecule has 98 valence electrons. The van der Waals surface area contributed by atoms with Crippen molar-refractivity contribution in [2.45, 2.75) is 11.6 Å². The molecule has 0 aliphatic carbocycles. The maximum absolute atomic E-state index is 13.0. The van der Waals surface area contributed by atoms with Crippen LogP contribution in [0.3, 0.4) is 0 Å². The number of rotatable bonds is 1. The number of fused-ring (bicyclic) bond motifs is 3. The van der Waals surface area contributed by atoms with E-state index in [0.717, 1.165) is 21.1 Å². The molecule has 0 bridgehead atoms. The summed E-state index contributed by atoms with van der Waals surface area (Å²) in [5, 5.41) is 3.31. The molecule has 0 spiro atoms. The fourth-order valence-corrected chi connectivity index (χ4v) is 3.48. The Bertz CT molecular complexity index is 818. The second kappa shape index (κ2) is 4.49. The zero-order chi connectivity index (χ0) is 13.5. The van der Waals surface area contributed by atoms with E-state index in [0.29, 0.717) is 6.54 Å². The molecule has 1 aromatic heterocycles. The second-order valence-corrected chi connectivity index (χ2v) is 5.71. The molecule has 1 aliphatic rings. The topological polar surface area (TPSA) is 28.1 Å². The maximum atomic E-state index is 13.0. The van der Waals surface area contributed by atoms with Crippen LogP contribution in [-0.4, -0.2) is 10.0 Å². The van der Waals surface area contributed by atoms with Crippen molar-refractivity contribution in [1.29, 1.82) is 0 Å². The molecule has 0 saturated heterocycles. The molecular formula is C16H11FN2S. The van der Waals surface area contributed by atoms with Crippen LogP contribution in [0.5, 0.6) is 0 Å². The Morgan fingerprint density at radius 3 is 2.70 bits per heavy atom. The highest BCUT2D eigenvalue weighted by Crippen LogP contribution is 2.36. The Labute approximate surface area is 119 Å². The molecule has 2 nitrogen and oxygen atoms in total. The smallest absolute Gasteiger partial charge is 0.123 e.